The molecular formula is C13H10ClNO5S. The van der Waals surface area contributed by atoms with Crippen molar-refractivity contribution in [2.45, 2.75) is 4.90 Å². The van der Waals surface area contributed by atoms with Gasteiger partial charge in [-0.3, -0.25) is 4.72 Å². The maximum atomic E-state index is 12.1. The van der Waals surface area contributed by atoms with E-state index < -0.39 is 16.0 Å². The number of phenols is 1. The molecule has 0 radical (unpaired) electrons. The molecule has 110 valence electrons. The minimum Gasteiger partial charge on any atom is -0.506 e. The second-order valence-corrected chi connectivity index (χ2v) is 6.19. The van der Waals surface area contributed by atoms with Gasteiger partial charge in [-0.1, -0.05) is 11.6 Å². The fourth-order valence-electron chi connectivity index (χ4n) is 1.56. The first kappa shape index (κ1) is 15.1. The van der Waals surface area contributed by atoms with Crippen LogP contribution in [0.25, 0.3) is 0 Å². The molecule has 0 unspecified atom stereocenters. The van der Waals surface area contributed by atoms with E-state index in [0.29, 0.717) is 0 Å². The summed E-state index contributed by atoms with van der Waals surface area (Å²) in [7, 11) is -3.87. The Balaban J connectivity index is 2.29. The van der Waals surface area contributed by atoms with Crippen LogP contribution in [0.5, 0.6) is 5.75 Å². The summed E-state index contributed by atoms with van der Waals surface area (Å²) < 4.78 is 26.5. The zero-order valence-electron chi connectivity index (χ0n) is 10.4. The van der Waals surface area contributed by atoms with Crippen LogP contribution in [-0.2, 0) is 10.0 Å². The van der Waals surface area contributed by atoms with Crippen LogP contribution in [0, 0.1) is 0 Å². The number of carboxylic acid groups (broad SMARTS) is 1. The Morgan fingerprint density at radius 2 is 1.71 bits per heavy atom. The molecule has 0 aliphatic rings. The lowest BCUT2D eigenvalue weighted by molar-refractivity contribution is 0.0696. The Kier molecular flexibility index (Phi) is 4.06. The van der Waals surface area contributed by atoms with E-state index in [1.165, 1.54) is 42.5 Å². The number of anilines is 1. The lowest BCUT2D eigenvalue weighted by Crippen LogP contribution is -2.13. The monoisotopic (exact) mass is 327 g/mol. The Morgan fingerprint density at radius 1 is 1.10 bits per heavy atom. The van der Waals surface area contributed by atoms with Gasteiger partial charge in [0.05, 0.1) is 21.2 Å². The van der Waals surface area contributed by atoms with Gasteiger partial charge in [0.25, 0.3) is 10.0 Å². The van der Waals surface area contributed by atoms with E-state index in [1.807, 2.05) is 0 Å². The van der Waals surface area contributed by atoms with Crippen molar-refractivity contribution in [3.63, 3.8) is 0 Å². The highest BCUT2D eigenvalue weighted by Gasteiger charge is 2.15. The fourth-order valence-corrected chi connectivity index (χ4v) is 2.79. The van der Waals surface area contributed by atoms with Gasteiger partial charge in [-0.25, -0.2) is 13.2 Å². The van der Waals surface area contributed by atoms with Crippen molar-refractivity contribution in [1.29, 1.82) is 0 Å². The Hall–Kier alpha value is -2.25. The van der Waals surface area contributed by atoms with Crippen LogP contribution in [0.4, 0.5) is 5.69 Å². The molecule has 0 saturated heterocycles. The van der Waals surface area contributed by atoms with Crippen LogP contribution in [0.3, 0.4) is 0 Å². The third kappa shape index (κ3) is 3.45. The van der Waals surface area contributed by atoms with Gasteiger partial charge in [0, 0.05) is 0 Å². The SMILES string of the molecule is O=C(O)c1ccc(S(=O)(=O)Nc2ccc(O)c(Cl)c2)cc1. The third-order valence-corrected chi connectivity index (χ3v) is 4.31. The molecule has 21 heavy (non-hydrogen) atoms. The molecule has 2 aromatic rings. The van der Waals surface area contributed by atoms with E-state index >= 15 is 0 Å². The zero-order chi connectivity index (χ0) is 15.6. The lowest BCUT2D eigenvalue weighted by Gasteiger charge is -2.09. The summed E-state index contributed by atoms with van der Waals surface area (Å²) in [5.41, 5.74) is 0.168. The largest absolute Gasteiger partial charge is 0.506 e. The number of aromatic hydroxyl groups is 1. The van der Waals surface area contributed by atoms with Gasteiger partial charge < -0.3 is 10.2 Å². The van der Waals surface area contributed by atoms with Crippen molar-refractivity contribution in [2.24, 2.45) is 0 Å². The van der Waals surface area contributed by atoms with Crippen LogP contribution < -0.4 is 4.72 Å². The summed E-state index contributed by atoms with van der Waals surface area (Å²) in [5.74, 6) is -1.30. The molecule has 0 aliphatic heterocycles. The van der Waals surface area contributed by atoms with E-state index in [0.717, 1.165) is 0 Å². The van der Waals surface area contributed by atoms with Gasteiger partial charge in [0.1, 0.15) is 5.75 Å². The second-order valence-electron chi connectivity index (χ2n) is 4.10. The predicted octanol–water partition coefficient (Wildman–Crippen LogP) is 2.54. The van der Waals surface area contributed by atoms with Gasteiger partial charge in [-0.2, -0.15) is 0 Å². The van der Waals surface area contributed by atoms with Gasteiger partial charge in [0.2, 0.25) is 0 Å². The number of carbonyl (C=O) groups is 1. The summed E-state index contributed by atoms with van der Waals surface area (Å²) in [5, 5.41) is 18.1. The van der Waals surface area contributed by atoms with Gasteiger partial charge >= 0.3 is 5.97 Å². The quantitative estimate of drug-likeness (QED) is 0.749. The number of nitrogens with one attached hydrogen (secondary N) is 1. The number of benzene rings is 2. The summed E-state index contributed by atoms with van der Waals surface area (Å²) in [6, 6.07) is 8.64. The molecular weight excluding hydrogens is 318 g/mol. The van der Waals surface area contributed by atoms with Crippen molar-refractivity contribution in [2.75, 3.05) is 4.72 Å². The topological polar surface area (TPSA) is 104 Å². The Bertz CT molecular complexity index is 787. The smallest absolute Gasteiger partial charge is 0.335 e. The second kappa shape index (κ2) is 5.63. The van der Waals surface area contributed by atoms with Crippen LogP contribution in [0.15, 0.2) is 47.4 Å². The zero-order valence-corrected chi connectivity index (χ0v) is 12.0. The van der Waals surface area contributed by atoms with Gasteiger partial charge in [-0.15, -0.1) is 0 Å². The van der Waals surface area contributed by atoms with Crippen LogP contribution in [0.2, 0.25) is 5.02 Å². The van der Waals surface area contributed by atoms with Crippen molar-refractivity contribution >= 4 is 33.3 Å². The third-order valence-electron chi connectivity index (χ3n) is 2.61. The molecule has 2 aromatic carbocycles. The Labute approximate surface area is 125 Å². The molecule has 8 heteroatoms. The normalized spacial score (nSPS) is 11.1. The number of carboxylic acids is 1. The maximum Gasteiger partial charge on any atom is 0.335 e. The van der Waals surface area contributed by atoms with E-state index in [2.05, 4.69) is 4.72 Å². The van der Waals surface area contributed by atoms with Crippen molar-refractivity contribution < 1.29 is 23.4 Å². The summed E-state index contributed by atoms with van der Waals surface area (Å²) in [6.45, 7) is 0. The van der Waals surface area contributed by atoms with E-state index in [9.17, 15) is 18.3 Å². The van der Waals surface area contributed by atoms with Crippen LogP contribution in [0.1, 0.15) is 10.4 Å². The van der Waals surface area contributed by atoms with E-state index in [-0.39, 0.29) is 26.9 Å². The van der Waals surface area contributed by atoms with E-state index in [4.69, 9.17) is 16.7 Å². The first-order chi connectivity index (χ1) is 9.79. The standard InChI is InChI=1S/C13H10ClNO5S/c14-11-7-9(3-6-12(11)16)15-21(19,20)10-4-1-8(2-5-10)13(17)18/h1-7,15-16H,(H,17,18). The number of hydrogen-bond acceptors (Lipinski definition) is 4. The van der Waals surface area contributed by atoms with Gasteiger partial charge in [0.15, 0.2) is 0 Å². The highest BCUT2D eigenvalue weighted by Crippen LogP contribution is 2.27. The Morgan fingerprint density at radius 3 is 2.24 bits per heavy atom. The average molecular weight is 328 g/mol. The number of halogens is 1. The number of aromatic carboxylic acids is 1. The number of rotatable bonds is 4. The number of phenolic OH excluding ortho intramolecular Hbond substituents is 1. The highest BCUT2D eigenvalue weighted by atomic mass is 35.5. The van der Waals surface area contributed by atoms with Crippen molar-refractivity contribution in [3.05, 3.63) is 53.1 Å². The predicted molar refractivity (Wildman–Crippen MR) is 77.3 cm³/mol. The minimum atomic E-state index is -3.87. The van der Waals surface area contributed by atoms with Crippen molar-refractivity contribution in [3.8, 4) is 5.75 Å². The summed E-state index contributed by atoms with van der Waals surface area (Å²) >= 11 is 5.69. The molecule has 0 amide bonds. The molecule has 0 saturated carbocycles. The first-order valence-electron chi connectivity index (χ1n) is 5.64. The minimum absolute atomic E-state index is 0.0106. The lowest BCUT2D eigenvalue weighted by atomic mass is 10.2. The molecule has 3 N–H and O–H groups in total. The summed E-state index contributed by atoms with van der Waals surface area (Å²) in [4.78, 5) is 10.6. The molecule has 0 fully saturated rings. The van der Waals surface area contributed by atoms with Crippen LogP contribution >= 0.6 is 11.6 Å². The molecule has 6 nitrogen and oxygen atoms in total. The molecule has 0 spiro atoms. The molecule has 0 atom stereocenters. The van der Waals surface area contributed by atoms with Gasteiger partial charge in [-0.05, 0) is 42.5 Å². The fraction of sp³-hybridized carbons (Fsp3) is 0. The van der Waals surface area contributed by atoms with E-state index in [1.54, 1.807) is 0 Å². The first-order valence-corrected chi connectivity index (χ1v) is 7.50. The number of hydrogen-bond donors (Lipinski definition) is 3. The van der Waals surface area contributed by atoms with Crippen LogP contribution in [-0.4, -0.2) is 24.6 Å². The maximum absolute atomic E-state index is 12.1. The highest BCUT2D eigenvalue weighted by molar-refractivity contribution is 7.92. The summed E-state index contributed by atoms with van der Waals surface area (Å²) in [6.07, 6.45) is 0. The molecule has 0 heterocycles. The molecule has 0 aromatic heterocycles. The molecule has 2 rings (SSSR count). The molecule has 0 aliphatic carbocycles. The average Bonchev–Trinajstić information content (AvgIpc) is 2.43. The van der Waals surface area contributed by atoms with Crippen molar-refractivity contribution in [1.82, 2.24) is 0 Å². The number of sulfonamides is 1. The molecule has 0 bridgehead atoms.